The molecule has 174 valence electrons. The Kier molecular flexibility index (Phi) is 6.12. The molecule has 0 spiro atoms. The van der Waals surface area contributed by atoms with E-state index in [0.29, 0.717) is 23.2 Å². The highest BCUT2D eigenvalue weighted by Crippen LogP contribution is 2.33. The summed E-state index contributed by atoms with van der Waals surface area (Å²) in [5.74, 6) is -0.241. The summed E-state index contributed by atoms with van der Waals surface area (Å²) >= 11 is 7.67. The van der Waals surface area contributed by atoms with E-state index in [1.54, 1.807) is 11.9 Å². The van der Waals surface area contributed by atoms with Gasteiger partial charge in [0.25, 0.3) is 5.56 Å². The molecule has 12 heteroatoms. The van der Waals surface area contributed by atoms with Crippen molar-refractivity contribution in [2.45, 2.75) is 13.5 Å². The van der Waals surface area contributed by atoms with Crippen molar-refractivity contribution in [3.63, 3.8) is 0 Å². The summed E-state index contributed by atoms with van der Waals surface area (Å²) in [6, 6.07) is 3.72. The fraction of sp³-hybridized carbons (Fsp3) is 0.381. The van der Waals surface area contributed by atoms with Crippen LogP contribution < -0.4 is 16.1 Å². The number of aromatic nitrogens is 5. The first-order chi connectivity index (χ1) is 15.6. The number of hydrogen-bond donors (Lipinski definition) is 0. The minimum absolute atomic E-state index is 0.118. The lowest BCUT2D eigenvalue weighted by atomic mass is 10.2. The number of carbonyl (C=O) groups excluding carboxylic acids is 1. The molecule has 0 aliphatic rings. The molecule has 0 fully saturated rings. The Morgan fingerprint density at radius 1 is 1.15 bits per heavy atom. The molecule has 0 saturated carbocycles. The monoisotopic (exact) mass is 489 g/mol. The predicted octanol–water partition coefficient (Wildman–Crippen LogP) is 1.60. The summed E-state index contributed by atoms with van der Waals surface area (Å²) in [6.45, 7) is 2.83. The van der Waals surface area contributed by atoms with E-state index >= 15 is 0 Å². The number of rotatable bonds is 6. The van der Waals surface area contributed by atoms with Gasteiger partial charge >= 0.3 is 5.69 Å². The highest BCUT2D eigenvalue weighted by molar-refractivity contribution is 7.22. The highest BCUT2D eigenvalue weighted by Gasteiger charge is 2.23. The van der Waals surface area contributed by atoms with Gasteiger partial charge in [0.05, 0.1) is 16.5 Å². The number of amides is 1. The SMILES string of the molecule is Cc1c(Cl)ccc2sc(N(CCN(C)C)C(=O)Cn3cnc4c3c(=O)n(C)c(=O)n4C)nc12. The summed E-state index contributed by atoms with van der Waals surface area (Å²) in [6.07, 6.45) is 1.41. The molecule has 3 heterocycles. The van der Waals surface area contributed by atoms with E-state index in [1.807, 2.05) is 38.1 Å². The number of carbonyl (C=O) groups is 1. The number of imidazole rings is 1. The average molecular weight is 490 g/mol. The summed E-state index contributed by atoms with van der Waals surface area (Å²) in [7, 11) is 6.81. The van der Waals surface area contributed by atoms with Crippen LogP contribution in [0.5, 0.6) is 0 Å². The van der Waals surface area contributed by atoms with E-state index < -0.39 is 11.2 Å². The van der Waals surface area contributed by atoms with Crippen molar-refractivity contribution in [1.29, 1.82) is 0 Å². The lowest BCUT2D eigenvalue weighted by Crippen LogP contribution is -2.40. The number of likely N-dealkylation sites (N-methyl/N-ethyl adjacent to an activating group) is 1. The van der Waals surface area contributed by atoms with Gasteiger partial charge in [0, 0.05) is 32.2 Å². The number of thiazole rings is 1. The molecule has 0 radical (unpaired) electrons. The third-order valence-electron chi connectivity index (χ3n) is 5.56. The maximum atomic E-state index is 13.5. The summed E-state index contributed by atoms with van der Waals surface area (Å²) < 4.78 is 4.72. The minimum atomic E-state index is -0.497. The van der Waals surface area contributed by atoms with E-state index in [1.165, 1.54) is 33.8 Å². The zero-order valence-corrected chi connectivity index (χ0v) is 20.6. The molecule has 0 atom stereocenters. The summed E-state index contributed by atoms with van der Waals surface area (Å²) in [5, 5.41) is 1.18. The van der Waals surface area contributed by atoms with Gasteiger partial charge in [0.2, 0.25) is 5.91 Å². The van der Waals surface area contributed by atoms with Gasteiger partial charge in [-0.05, 0) is 38.7 Å². The van der Waals surface area contributed by atoms with Crippen molar-refractivity contribution >= 4 is 55.4 Å². The first-order valence-electron chi connectivity index (χ1n) is 10.2. The van der Waals surface area contributed by atoms with Gasteiger partial charge in [-0.1, -0.05) is 22.9 Å². The van der Waals surface area contributed by atoms with Crippen LogP contribution in [-0.4, -0.2) is 61.7 Å². The Bertz CT molecular complexity index is 1500. The van der Waals surface area contributed by atoms with Crippen molar-refractivity contribution in [3.05, 3.63) is 49.9 Å². The number of nitrogens with zero attached hydrogens (tertiary/aromatic N) is 7. The second kappa shape index (κ2) is 8.73. The Balaban J connectivity index is 1.75. The maximum absolute atomic E-state index is 13.5. The number of halogens is 1. The third-order valence-corrected chi connectivity index (χ3v) is 7.02. The number of aryl methyl sites for hydroxylation is 2. The largest absolute Gasteiger partial charge is 0.332 e. The smallest absolute Gasteiger partial charge is 0.315 e. The Morgan fingerprint density at radius 3 is 2.58 bits per heavy atom. The van der Waals surface area contributed by atoms with E-state index in [4.69, 9.17) is 16.6 Å². The minimum Gasteiger partial charge on any atom is -0.315 e. The van der Waals surface area contributed by atoms with Crippen LogP contribution in [0.4, 0.5) is 5.13 Å². The van der Waals surface area contributed by atoms with Crippen molar-refractivity contribution in [2.24, 2.45) is 14.1 Å². The van der Waals surface area contributed by atoms with E-state index in [-0.39, 0.29) is 23.6 Å². The van der Waals surface area contributed by atoms with Gasteiger partial charge < -0.3 is 9.47 Å². The Morgan fingerprint density at radius 2 is 1.88 bits per heavy atom. The van der Waals surface area contributed by atoms with Crippen molar-refractivity contribution < 1.29 is 4.79 Å². The van der Waals surface area contributed by atoms with Crippen molar-refractivity contribution in [1.82, 2.24) is 28.6 Å². The lowest BCUT2D eigenvalue weighted by Gasteiger charge is -2.22. The number of benzene rings is 1. The molecule has 0 unspecified atom stereocenters. The molecule has 0 N–H and O–H groups in total. The number of fused-ring (bicyclic) bond motifs is 2. The topological polar surface area (TPSA) is 98.3 Å². The second-order valence-corrected chi connectivity index (χ2v) is 9.53. The van der Waals surface area contributed by atoms with Gasteiger partial charge in [-0.15, -0.1) is 0 Å². The van der Waals surface area contributed by atoms with Crippen LogP contribution >= 0.6 is 22.9 Å². The fourth-order valence-corrected chi connectivity index (χ4v) is 4.80. The molecule has 0 saturated heterocycles. The molecule has 4 aromatic rings. The van der Waals surface area contributed by atoms with Crippen molar-refractivity contribution in [2.75, 3.05) is 32.1 Å². The van der Waals surface area contributed by atoms with E-state index in [0.717, 1.165) is 20.3 Å². The van der Waals surface area contributed by atoms with E-state index in [2.05, 4.69) is 4.98 Å². The lowest BCUT2D eigenvalue weighted by molar-refractivity contribution is -0.119. The third kappa shape index (κ3) is 4.07. The van der Waals surface area contributed by atoms with E-state index in [9.17, 15) is 14.4 Å². The molecule has 10 nitrogen and oxygen atoms in total. The van der Waals surface area contributed by atoms with Crippen LogP contribution in [0.2, 0.25) is 5.02 Å². The van der Waals surface area contributed by atoms with Gasteiger partial charge in [0.1, 0.15) is 6.54 Å². The average Bonchev–Trinajstić information content (AvgIpc) is 3.38. The molecule has 33 heavy (non-hydrogen) atoms. The molecule has 1 amide bonds. The Labute approximate surface area is 198 Å². The number of hydrogen-bond acceptors (Lipinski definition) is 7. The zero-order chi connectivity index (χ0) is 24.0. The van der Waals surface area contributed by atoms with Crippen LogP contribution in [-0.2, 0) is 25.4 Å². The van der Waals surface area contributed by atoms with Gasteiger partial charge in [-0.3, -0.25) is 23.6 Å². The summed E-state index contributed by atoms with van der Waals surface area (Å²) in [4.78, 5) is 50.9. The Hall–Kier alpha value is -3.02. The maximum Gasteiger partial charge on any atom is 0.332 e. The molecule has 0 bridgehead atoms. The molecule has 4 rings (SSSR count). The highest BCUT2D eigenvalue weighted by atomic mass is 35.5. The van der Waals surface area contributed by atoms with Crippen LogP contribution in [0.1, 0.15) is 5.56 Å². The molecular formula is C21H24ClN7O3S. The van der Waals surface area contributed by atoms with Crippen molar-refractivity contribution in [3.8, 4) is 0 Å². The fourth-order valence-electron chi connectivity index (χ4n) is 3.58. The molecule has 0 aliphatic carbocycles. The molecule has 3 aromatic heterocycles. The quantitative estimate of drug-likeness (QED) is 0.408. The van der Waals surface area contributed by atoms with Gasteiger partial charge in [-0.25, -0.2) is 14.8 Å². The van der Waals surface area contributed by atoms with Gasteiger partial charge in [-0.2, -0.15) is 0 Å². The number of anilines is 1. The second-order valence-electron chi connectivity index (χ2n) is 8.11. The molecule has 0 aliphatic heterocycles. The first-order valence-corrected chi connectivity index (χ1v) is 11.4. The zero-order valence-electron chi connectivity index (χ0n) is 19.0. The van der Waals surface area contributed by atoms with Crippen LogP contribution in [0.15, 0.2) is 28.0 Å². The normalized spacial score (nSPS) is 11.7. The van der Waals surface area contributed by atoms with Crippen LogP contribution in [0.25, 0.3) is 21.4 Å². The molecular weight excluding hydrogens is 466 g/mol. The standard InChI is InChI=1S/C21H24ClN7O3S/c1-12-13(22)6-7-14-16(12)24-20(33-14)29(9-8-25(2)3)15(30)10-28-11-23-18-17(28)19(31)27(5)21(32)26(18)4/h6-7,11H,8-10H2,1-5H3. The first kappa shape index (κ1) is 23.1. The van der Waals surface area contributed by atoms with Crippen LogP contribution in [0.3, 0.4) is 0 Å². The summed E-state index contributed by atoms with van der Waals surface area (Å²) in [5.41, 5.74) is 1.10. The predicted molar refractivity (Wildman–Crippen MR) is 130 cm³/mol. The van der Waals surface area contributed by atoms with Crippen LogP contribution in [0, 0.1) is 6.92 Å². The molecule has 1 aromatic carbocycles. The van der Waals surface area contributed by atoms with Gasteiger partial charge in [0.15, 0.2) is 16.3 Å².